The Morgan fingerprint density at radius 1 is 1.13 bits per heavy atom. The van der Waals surface area contributed by atoms with Crippen LogP contribution in [0.15, 0.2) is 36.4 Å². The number of anilines is 1. The standard InChI is InChI=1S/C17H11Cl2N3S/c1-9-2-5-16(23-9)12-7-15(22-17(21)13(12)8-20)11-4-3-10(18)6-14(11)19/h2-7H,1H3,(H2,21,22). The summed E-state index contributed by atoms with van der Waals surface area (Å²) in [5.41, 5.74) is 8.47. The fourth-order valence-electron chi connectivity index (χ4n) is 2.29. The van der Waals surface area contributed by atoms with Crippen molar-refractivity contribution < 1.29 is 0 Å². The zero-order valence-electron chi connectivity index (χ0n) is 12.1. The zero-order chi connectivity index (χ0) is 16.6. The third-order valence-corrected chi connectivity index (χ3v) is 4.95. The first-order valence-electron chi connectivity index (χ1n) is 6.72. The van der Waals surface area contributed by atoms with Gasteiger partial charge in [-0.15, -0.1) is 11.3 Å². The third kappa shape index (κ3) is 3.04. The van der Waals surface area contributed by atoms with Crippen LogP contribution in [0.1, 0.15) is 10.4 Å². The molecule has 0 atom stereocenters. The van der Waals surface area contributed by atoms with Gasteiger partial charge in [-0.05, 0) is 43.3 Å². The molecule has 3 rings (SSSR count). The van der Waals surface area contributed by atoms with Gasteiger partial charge in [-0.2, -0.15) is 5.26 Å². The Morgan fingerprint density at radius 2 is 1.91 bits per heavy atom. The van der Waals surface area contributed by atoms with E-state index in [9.17, 15) is 5.26 Å². The van der Waals surface area contributed by atoms with Gasteiger partial charge in [0.1, 0.15) is 17.5 Å². The number of halogens is 2. The largest absolute Gasteiger partial charge is 0.383 e. The van der Waals surface area contributed by atoms with Gasteiger partial charge in [0, 0.05) is 25.9 Å². The van der Waals surface area contributed by atoms with Gasteiger partial charge in [0.05, 0.1) is 10.7 Å². The highest BCUT2D eigenvalue weighted by Crippen LogP contribution is 2.37. The second kappa shape index (κ2) is 6.21. The van der Waals surface area contributed by atoms with E-state index in [1.54, 1.807) is 29.5 Å². The van der Waals surface area contributed by atoms with Gasteiger partial charge >= 0.3 is 0 Å². The van der Waals surface area contributed by atoms with Crippen molar-refractivity contribution in [3.63, 3.8) is 0 Å². The molecule has 1 aromatic carbocycles. The topological polar surface area (TPSA) is 62.7 Å². The molecule has 114 valence electrons. The SMILES string of the molecule is Cc1ccc(-c2cc(-c3ccc(Cl)cc3Cl)nc(N)c2C#N)s1. The summed E-state index contributed by atoms with van der Waals surface area (Å²) in [7, 11) is 0. The lowest BCUT2D eigenvalue weighted by Crippen LogP contribution is -1.99. The van der Waals surface area contributed by atoms with Crippen LogP contribution in [0, 0.1) is 18.3 Å². The molecule has 0 aliphatic heterocycles. The quantitative estimate of drug-likeness (QED) is 0.652. The highest BCUT2D eigenvalue weighted by molar-refractivity contribution is 7.15. The summed E-state index contributed by atoms with van der Waals surface area (Å²) in [6.07, 6.45) is 0. The highest BCUT2D eigenvalue weighted by Gasteiger charge is 2.16. The lowest BCUT2D eigenvalue weighted by Gasteiger charge is -2.10. The van der Waals surface area contributed by atoms with Gasteiger partial charge in [0.2, 0.25) is 0 Å². The van der Waals surface area contributed by atoms with Crippen molar-refractivity contribution in [3.8, 4) is 27.8 Å². The predicted molar refractivity (Wildman–Crippen MR) is 96.9 cm³/mol. The van der Waals surface area contributed by atoms with Crippen LogP contribution in [0.5, 0.6) is 0 Å². The second-order valence-electron chi connectivity index (χ2n) is 4.96. The highest BCUT2D eigenvalue weighted by atomic mass is 35.5. The van der Waals surface area contributed by atoms with E-state index in [0.29, 0.717) is 21.3 Å². The van der Waals surface area contributed by atoms with E-state index in [1.807, 2.05) is 25.1 Å². The number of aromatic nitrogens is 1. The minimum atomic E-state index is 0.192. The lowest BCUT2D eigenvalue weighted by atomic mass is 10.0. The van der Waals surface area contributed by atoms with Gasteiger partial charge < -0.3 is 5.73 Å². The van der Waals surface area contributed by atoms with E-state index < -0.39 is 0 Å². The maximum atomic E-state index is 9.41. The number of nitrogens with two attached hydrogens (primary N) is 1. The molecule has 0 saturated heterocycles. The van der Waals surface area contributed by atoms with Crippen LogP contribution in [0.4, 0.5) is 5.82 Å². The normalized spacial score (nSPS) is 10.5. The molecular formula is C17H11Cl2N3S. The van der Waals surface area contributed by atoms with E-state index in [0.717, 1.165) is 20.9 Å². The molecule has 0 aliphatic rings. The smallest absolute Gasteiger partial charge is 0.142 e. The van der Waals surface area contributed by atoms with Gasteiger partial charge in [-0.1, -0.05) is 23.2 Å². The number of nitrogens with zero attached hydrogens (tertiary/aromatic N) is 2. The molecular weight excluding hydrogens is 349 g/mol. The minimum Gasteiger partial charge on any atom is -0.383 e. The van der Waals surface area contributed by atoms with E-state index >= 15 is 0 Å². The maximum Gasteiger partial charge on any atom is 0.142 e. The minimum absolute atomic E-state index is 0.192. The molecule has 2 N–H and O–H groups in total. The number of hydrogen-bond acceptors (Lipinski definition) is 4. The van der Waals surface area contributed by atoms with Crippen molar-refractivity contribution in [1.82, 2.24) is 4.98 Å². The number of pyridine rings is 1. The molecule has 0 bridgehead atoms. The monoisotopic (exact) mass is 359 g/mol. The molecule has 6 heteroatoms. The Labute approximate surface area is 147 Å². The lowest BCUT2D eigenvalue weighted by molar-refractivity contribution is 1.31. The molecule has 0 saturated carbocycles. The summed E-state index contributed by atoms with van der Waals surface area (Å²) < 4.78 is 0. The van der Waals surface area contributed by atoms with Crippen LogP contribution in [0.3, 0.4) is 0 Å². The number of aryl methyl sites for hydroxylation is 1. The van der Waals surface area contributed by atoms with Crippen LogP contribution in [-0.2, 0) is 0 Å². The number of thiophene rings is 1. The predicted octanol–water partition coefficient (Wildman–Crippen LogP) is 5.55. The third-order valence-electron chi connectivity index (χ3n) is 3.37. The van der Waals surface area contributed by atoms with Gasteiger partial charge in [-0.3, -0.25) is 0 Å². The summed E-state index contributed by atoms with van der Waals surface area (Å²) in [5.74, 6) is 0.192. The molecule has 2 heterocycles. The first kappa shape index (κ1) is 15.8. The second-order valence-corrected chi connectivity index (χ2v) is 7.09. The Bertz CT molecular complexity index is 941. The number of nitrogen functional groups attached to an aromatic ring is 1. The molecule has 3 aromatic rings. The molecule has 0 fully saturated rings. The van der Waals surface area contributed by atoms with Crippen LogP contribution in [0.25, 0.3) is 21.7 Å². The van der Waals surface area contributed by atoms with Gasteiger partial charge in [0.25, 0.3) is 0 Å². The number of nitriles is 1. The molecule has 0 aliphatic carbocycles. The van der Waals surface area contributed by atoms with Crippen molar-refractivity contribution in [2.24, 2.45) is 0 Å². The van der Waals surface area contributed by atoms with Crippen molar-refractivity contribution >= 4 is 40.4 Å². The molecule has 2 aromatic heterocycles. The van der Waals surface area contributed by atoms with Gasteiger partial charge in [0.15, 0.2) is 0 Å². The summed E-state index contributed by atoms with van der Waals surface area (Å²) in [6, 6.07) is 13.2. The fraction of sp³-hybridized carbons (Fsp3) is 0.0588. The van der Waals surface area contributed by atoms with Crippen molar-refractivity contribution in [2.45, 2.75) is 6.92 Å². The molecule has 0 amide bonds. The van der Waals surface area contributed by atoms with E-state index in [-0.39, 0.29) is 5.82 Å². The van der Waals surface area contributed by atoms with Crippen LogP contribution < -0.4 is 5.73 Å². The number of benzene rings is 1. The summed E-state index contributed by atoms with van der Waals surface area (Å²) in [6.45, 7) is 2.02. The van der Waals surface area contributed by atoms with E-state index in [4.69, 9.17) is 28.9 Å². The molecule has 23 heavy (non-hydrogen) atoms. The Balaban J connectivity index is 2.24. The fourth-order valence-corrected chi connectivity index (χ4v) is 3.69. The summed E-state index contributed by atoms with van der Waals surface area (Å²) in [5, 5.41) is 10.4. The Hall–Kier alpha value is -2.06. The Kier molecular flexibility index (Phi) is 4.27. The summed E-state index contributed by atoms with van der Waals surface area (Å²) >= 11 is 13.8. The average molecular weight is 360 g/mol. The van der Waals surface area contributed by atoms with Crippen LogP contribution in [0.2, 0.25) is 10.0 Å². The average Bonchev–Trinajstić information content (AvgIpc) is 2.93. The molecule has 0 spiro atoms. The van der Waals surface area contributed by atoms with Crippen LogP contribution >= 0.6 is 34.5 Å². The zero-order valence-corrected chi connectivity index (χ0v) is 14.4. The molecule has 3 nitrogen and oxygen atoms in total. The van der Waals surface area contributed by atoms with Gasteiger partial charge in [-0.25, -0.2) is 4.98 Å². The summed E-state index contributed by atoms with van der Waals surface area (Å²) in [4.78, 5) is 6.46. The van der Waals surface area contributed by atoms with Crippen molar-refractivity contribution in [1.29, 1.82) is 5.26 Å². The first-order chi connectivity index (χ1) is 11.0. The maximum absolute atomic E-state index is 9.41. The Morgan fingerprint density at radius 3 is 2.52 bits per heavy atom. The number of hydrogen-bond donors (Lipinski definition) is 1. The van der Waals surface area contributed by atoms with E-state index in [2.05, 4.69) is 11.1 Å². The van der Waals surface area contributed by atoms with Crippen molar-refractivity contribution in [2.75, 3.05) is 5.73 Å². The molecule has 0 unspecified atom stereocenters. The van der Waals surface area contributed by atoms with Crippen molar-refractivity contribution in [3.05, 3.63) is 56.9 Å². The van der Waals surface area contributed by atoms with Crippen LogP contribution in [-0.4, -0.2) is 4.98 Å². The number of rotatable bonds is 2. The van der Waals surface area contributed by atoms with E-state index in [1.165, 1.54) is 0 Å². The molecule has 0 radical (unpaired) electrons. The first-order valence-corrected chi connectivity index (χ1v) is 8.29.